The molecule has 30 heavy (non-hydrogen) atoms. The van der Waals surface area contributed by atoms with Gasteiger partial charge in [0.05, 0.1) is 21.5 Å². The first kappa shape index (κ1) is 21.1. The van der Waals surface area contributed by atoms with Crippen LogP contribution in [-0.2, 0) is 21.1 Å². The summed E-state index contributed by atoms with van der Waals surface area (Å²) in [5, 5.41) is 1.68. The maximum absolute atomic E-state index is 12.7. The number of thiazole rings is 1. The molecule has 1 fully saturated rings. The molecule has 0 unspecified atom stereocenters. The number of hydrogen-bond donors (Lipinski definition) is 0. The Morgan fingerprint density at radius 2 is 1.77 bits per heavy atom. The molecule has 6 nitrogen and oxygen atoms in total. The number of fused-ring (bicyclic) bond motifs is 1. The molecule has 0 atom stereocenters. The Balaban J connectivity index is 1.38. The van der Waals surface area contributed by atoms with E-state index in [-0.39, 0.29) is 17.2 Å². The lowest BCUT2D eigenvalue weighted by molar-refractivity contribution is -0.130. The van der Waals surface area contributed by atoms with Gasteiger partial charge in [0.2, 0.25) is 5.91 Å². The number of amides is 1. The average molecular weight is 464 g/mol. The molecule has 0 radical (unpaired) electrons. The molecule has 1 aliphatic rings. The van der Waals surface area contributed by atoms with Crippen molar-refractivity contribution in [2.24, 2.45) is 0 Å². The predicted molar refractivity (Wildman–Crippen MR) is 121 cm³/mol. The van der Waals surface area contributed by atoms with Gasteiger partial charge in [-0.15, -0.1) is 0 Å². The summed E-state index contributed by atoms with van der Waals surface area (Å²) in [6.45, 7) is 4.70. The Labute approximate surface area is 185 Å². The summed E-state index contributed by atoms with van der Waals surface area (Å²) in [4.78, 5) is 21.8. The molecule has 0 saturated carbocycles. The van der Waals surface area contributed by atoms with Gasteiger partial charge in [0, 0.05) is 37.5 Å². The van der Waals surface area contributed by atoms with Gasteiger partial charge in [0.15, 0.2) is 15.0 Å². The maximum Gasteiger partial charge on any atom is 0.227 e. The molecule has 158 valence electrons. The second-order valence-electron chi connectivity index (χ2n) is 7.48. The maximum atomic E-state index is 12.7. The zero-order valence-corrected chi connectivity index (χ0v) is 19.1. The molecular weight excluding hydrogens is 442 g/mol. The summed E-state index contributed by atoms with van der Waals surface area (Å²) in [5.74, 6) is 0.0497. The Hall–Kier alpha value is -2.16. The lowest BCUT2D eigenvalue weighted by Crippen LogP contribution is -2.49. The van der Waals surface area contributed by atoms with Crippen LogP contribution in [0.2, 0.25) is 5.02 Å². The molecule has 0 N–H and O–H groups in total. The quantitative estimate of drug-likeness (QED) is 0.591. The third-order valence-electron chi connectivity index (χ3n) is 5.35. The van der Waals surface area contributed by atoms with Crippen LogP contribution in [-0.4, -0.2) is 56.6 Å². The average Bonchev–Trinajstić information content (AvgIpc) is 3.16. The number of piperazine rings is 1. The second kappa shape index (κ2) is 8.17. The second-order valence-corrected chi connectivity index (χ2v) is 10.9. The molecule has 1 aromatic heterocycles. The van der Waals surface area contributed by atoms with Gasteiger partial charge in [-0.05, 0) is 42.3 Å². The van der Waals surface area contributed by atoms with Crippen LogP contribution in [0.25, 0.3) is 10.2 Å². The normalized spacial score (nSPS) is 15.0. The third kappa shape index (κ3) is 4.31. The number of aryl methyl sites for hydroxylation is 1. The van der Waals surface area contributed by atoms with Crippen LogP contribution in [0.3, 0.4) is 0 Å². The van der Waals surface area contributed by atoms with E-state index in [1.165, 1.54) is 6.26 Å². The number of rotatable bonds is 4. The molecule has 3 aromatic rings. The Morgan fingerprint density at radius 3 is 2.40 bits per heavy atom. The van der Waals surface area contributed by atoms with E-state index < -0.39 is 9.84 Å². The summed E-state index contributed by atoms with van der Waals surface area (Å²) in [6.07, 6.45) is 1.44. The molecular formula is C21H22ClN3O3S2. The van der Waals surface area contributed by atoms with Crippen LogP contribution in [0, 0.1) is 6.92 Å². The minimum atomic E-state index is -3.23. The molecule has 4 rings (SSSR count). The molecule has 1 aliphatic heterocycles. The van der Waals surface area contributed by atoms with Crippen LogP contribution in [0.4, 0.5) is 5.13 Å². The van der Waals surface area contributed by atoms with E-state index in [2.05, 4.69) is 4.90 Å². The number of hydrogen-bond acceptors (Lipinski definition) is 6. The summed E-state index contributed by atoms with van der Waals surface area (Å²) >= 11 is 7.86. The first-order valence-electron chi connectivity index (χ1n) is 9.60. The number of nitrogens with zero attached hydrogens (tertiary/aromatic N) is 3. The van der Waals surface area contributed by atoms with E-state index in [0.29, 0.717) is 13.1 Å². The number of anilines is 1. The van der Waals surface area contributed by atoms with Crippen LogP contribution in [0.15, 0.2) is 41.3 Å². The molecule has 1 amide bonds. The zero-order valence-electron chi connectivity index (χ0n) is 16.8. The fourth-order valence-corrected chi connectivity index (χ4v) is 5.37. The van der Waals surface area contributed by atoms with Gasteiger partial charge in [-0.1, -0.05) is 35.1 Å². The number of aromatic nitrogens is 1. The summed E-state index contributed by atoms with van der Waals surface area (Å²) < 4.78 is 24.2. The molecule has 9 heteroatoms. The summed E-state index contributed by atoms with van der Waals surface area (Å²) in [7, 11) is -3.23. The first-order valence-corrected chi connectivity index (χ1v) is 12.7. The van der Waals surface area contributed by atoms with Crippen molar-refractivity contribution in [3.8, 4) is 0 Å². The number of carbonyl (C=O) groups excluding carboxylic acids is 1. The standard InChI is InChI=1S/C21H22ClN3O3S2/c1-14-17(22)7-8-18-20(14)23-21(29-18)25-11-9-24(10-12-25)19(26)13-15-3-5-16(6-4-15)30(2,27)28/h3-8H,9-13H2,1-2H3. The third-order valence-corrected chi connectivity index (χ3v) is 7.97. The molecule has 2 heterocycles. The predicted octanol–water partition coefficient (Wildman–Crippen LogP) is 3.55. The Morgan fingerprint density at radius 1 is 1.10 bits per heavy atom. The van der Waals surface area contributed by atoms with E-state index in [4.69, 9.17) is 16.6 Å². The van der Waals surface area contributed by atoms with Crippen LogP contribution in [0.5, 0.6) is 0 Å². The lowest BCUT2D eigenvalue weighted by atomic mass is 10.1. The van der Waals surface area contributed by atoms with E-state index in [1.807, 2.05) is 24.0 Å². The highest BCUT2D eigenvalue weighted by molar-refractivity contribution is 7.90. The highest BCUT2D eigenvalue weighted by Gasteiger charge is 2.23. The number of benzene rings is 2. The lowest BCUT2D eigenvalue weighted by Gasteiger charge is -2.34. The number of carbonyl (C=O) groups is 1. The van der Waals surface area contributed by atoms with Crippen molar-refractivity contribution in [2.75, 3.05) is 37.3 Å². The van der Waals surface area contributed by atoms with Crippen molar-refractivity contribution in [1.29, 1.82) is 0 Å². The van der Waals surface area contributed by atoms with Gasteiger partial charge in [0.25, 0.3) is 0 Å². The van der Waals surface area contributed by atoms with Gasteiger partial charge in [-0.3, -0.25) is 4.79 Å². The van der Waals surface area contributed by atoms with Crippen molar-refractivity contribution in [1.82, 2.24) is 9.88 Å². The van der Waals surface area contributed by atoms with E-state index in [0.717, 1.165) is 44.6 Å². The topological polar surface area (TPSA) is 70.6 Å². The largest absolute Gasteiger partial charge is 0.345 e. The Bertz CT molecular complexity index is 1200. The van der Waals surface area contributed by atoms with Gasteiger partial charge in [-0.25, -0.2) is 13.4 Å². The van der Waals surface area contributed by atoms with Crippen molar-refractivity contribution in [2.45, 2.75) is 18.2 Å². The first-order chi connectivity index (χ1) is 14.2. The SMILES string of the molecule is Cc1c(Cl)ccc2sc(N3CCN(C(=O)Cc4ccc(S(C)(=O)=O)cc4)CC3)nc12. The number of halogens is 1. The highest BCUT2D eigenvalue weighted by Crippen LogP contribution is 2.33. The highest BCUT2D eigenvalue weighted by atomic mass is 35.5. The molecule has 0 aliphatic carbocycles. The van der Waals surface area contributed by atoms with Gasteiger partial charge >= 0.3 is 0 Å². The van der Waals surface area contributed by atoms with Crippen LogP contribution >= 0.6 is 22.9 Å². The minimum Gasteiger partial charge on any atom is -0.345 e. The van der Waals surface area contributed by atoms with Crippen LogP contribution < -0.4 is 4.90 Å². The monoisotopic (exact) mass is 463 g/mol. The van der Waals surface area contributed by atoms with Crippen LogP contribution in [0.1, 0.15) is 11.1 Å². The molecule has 0 bridgehead atoms. The molecule has 2 aromatic carbocycles. The van der Waals surface area contributed by atoms with E-state index >= 15 is 0 Å². The Kier molecular flexibility index (Phi) is 5.74. The summed E-state index contributed by atoms with van der Waals surface area (Å²) in [6, 6.07) is 10.4. The van der Waals surface area contributed by atoms with Gasteiger partial charge in [-0.2, -0.15) is 0 Å². The van der Waals surface area contributed by atoms with Gasteiger partial charge < -0.3 is 9.80 Å². The van der Waals surface area contributed by atoms with Crippen molar-refractivity contribution < 1.29 is 13.2 Å². The van der Waals surface area contributed by atoms with Crippen molar-refractivity contribution in [3.05, 3.63) is 52.5 Å². The smallest absolute Gasteiger partial charge is 0.227 e. The number of sulfone groups is 1. The fraction of sp³-hybridized carbons (Fsp3) is 0.333. The van der Waals surface area contributed by atoms with Crippen molar-refractivity contribution >= 4 is 54.0 Å². The van der Waals surface area contributed by atoms with E-state index in [9.17, 15) is 13.2 Å². The zero-order chi connectivity index (χ0) is 21.5. The van der Waals surface area contributed by atoms with E-state index in [1.54, 1.807) is 35.6 Å². The summed E-state index contributed by atoms with van der Waals surface area (Å²) in [5.41, 5.74) is 2.75. The van der Waals surface area contributed by atoms with Crippen molar-refractivity contribution in [3.63, 3.8) is 0 Å². The van der Waals surface area contributed by atoms with Gasteiger partial charge in [0.1, 0.15) is 0 Å². The molecule has 0 spiro atoms. The fourth-order valence-electron chi connectivity index (χ4n) is 3.51. The minimum absolute atomic E-state index is 0.0497. The molecule has 1 saturated heterocycles.